The van der Waals surface area contributed by atoms with Gasteiger partial charge in [0.2, 0.25) is 0 Å². The van der Waals surface area contributed by atoms with Crippen LogP contribution in [0, 0.1) is 0 Å². The van der Waals surface area contributed by atoms with Gasteiger partial charge in [0.25, 0.3) is 0 Å². The SMILES string of the molecule is CCNC(C)c1ccc(Br)cc1-n1cccn1. The van der Waals surface area contributed by atoms with Crippen molar-refractivity contribution in [3.8, 4) is 5.69 Å². The minimum Gasteiger partial charge on any atom is -0.310 e. The summed E-state index contributed by atoms with van der Waals surface area (Å²) in [5.41, 5.74) is 2.36. The Morgan fingerprint density at radius 2 is 2.29 bits per heavy atom. The lowest BCUT2D eigenvalue weighted by Crippen LogP contribution is -2.19. The molecule has 1 heterocycles. The zero-order valence-corrected chi connectivity index (χ0v) is 11.6. The summed E-state index contributed by atoms with van der Waals surface area (Å²) in [6.45, 7) is 5.23. The summed E-state index contributed by atoms with van der Waals surface area (Å²) in [4.78, 5) is 0. The Morgan fingerprint density at radius 3 is 2.94 bits per heavy atom. The highest BCUT2D eigenvalue weighted by molar-refractivity contribution is 9.10. The van der Waals surface area contributed by atoms with Crippen LogP contribution in [0.2, 0.25) is 0 Å². The van der Waals surface area contributed by atoms with Crippen molar-refractivity contribution < 1.29 is 0 Å². The van der Waals surface area contributed by atoms with E-state index in [9.17, 15) is 0 Å². The number of hydrogen-bond donors (Lipinski definition) is 1. The molecule has 1 unspecified atom stereocenters. The second-order valence-corrected chi connectivity index (χ2v) is 4.85. The van der Waals surface area contributed by atoms with Gasteiger partial charge in [-0.2, -0.15) is 5.10 Å². The van der Waals surface area contributed by atoms with Gasteiger partial charge in [0.05, 0.1) is 5.69 Å². The van der Waals surface area contributed by atoms with E-state index in [2.05, 4.69) is 58.4 Å². The van der Waals surface area contributed by atoms with E-state index in [1.54, 1.807) is 6.20 Å². The molecule has 0 spiro atoms. The Kier molecular flexibility index (Phi) is 3.97. The van der Waals surface area contributed by atoms with Crippen LogP contribution in [-0.4, -0.2) is 16.3 Å². The second kappa shape index (κ2) is 5.47. The zero-order chi connectivity index (χ0) is 12.3. The fraction of sp³-hybridized carbons (Fsp3) is 0.308. The van der Waals surface area contributed by atoms with E-state index in [4.69, 9.17) is 0 Å². The fourth-order valence-electron chi connectivity index (χ4n) is 1.91. The van der Waals surface area contributed by atoms with E-state index in [0.717, 1.165) is 16.7 Å². The Bertz CT molecular complexity index is 479. The Balaban J connectivity index is 2.45. The number of halogens is 1. The first-order valence-corrected chi connectivity index (χ1v) is 6.54. The molecule has 90 valence electrons. The summed E-state index contributed by atoms with van der Waals surface area (Å²) >= 11 is 3.51. The van der Waals surface area contributed by atoms with E-state index >= 15 is 0 Å². The van der Waals surface area contributed by atoms with Crippen molar-refractivity contribution >= 4 is 15.9 Å². The summed E-state index contributed by atoms with van der Waals surface area (Å²) < 4.78 is 2.96. The molecular weight excluding hydrogens is 278 g/mol. The molecule has 0 saturated carbocycles. The Morgan fingerprint density at radius 1 is 1.47 bits per heavy atom. The van der Waals surface area contributed by atoms with Gasteiger partial charge in [0.15, 0.2) is 0 Å². The van der Waals surface area contributed by atoms with Gasteiger partial charge in [0, 0.05) is 22.9 Å². The van der Waals surface area contributed by atoms with Gasteiger partial charge >= 0.3 is 0 Å². The number of benzene rings is 1. The average Bonchev–Trinajstić information content (AvgIpc) is 2.82. The highest BCUT2D eigenvalue weighted by Gasteiger charge is 2.11. The van der Waals surface area contributed by atoms with Crippen LogP contribution in [0.15, 0.2) is 41.1 Å². The largest absolute Gasteiger partial charge is 0.310 e. The summed E-state index contributed by atoms with van der Waals surface area (Å²) in [7, 11) is 0. The van der Waals surface area contributed by atoms with Crippen LogP contribution in [-0.2, 0) is 0 Å². The standard InChI is InChI=1S/C13H16BrN3/c1-3-15-10(2)12-6-5-11(14)9-13(12)17-8-4-7-16-17/h4-10,15H,3H2,1-2H3. The summed E-state index contributed by atoms with van der Waals surface area (Å²) in [5, 5.41) is 7.73. The molecule has 2 rings (SSSR count). The molecule has 2 aromatic rings. The number of nitrogens with zero attached hydrogens (tertiary/aromatic N) is 2. The summed E-state index contributed by atoms with van der Waals surface area (Å²) in [5.74, 6) is 0. The molecular formula is C13H16BrN3. The van der Waals surface area contributed by atoms with Gasteiger partial charge in [0.1, 0.15) is 0 Å². The van der Waals surface area contributed by atoms with Crippen molar-refractivity contribution in [2.45, 2.75) is 19.9 Å². The maximum Gasteiger partial charge on any atom is 0.0704 e. The third-order valence-corrected chi connectivity index (χ3v) is 3.21. The van der Waals surface area contributed by atoms with E-state index in [0.29, 0.717) is 6.04 Å². The van der Waals surface area contributed by atoms with E-state index in [-0.39, 0.29) is 0 Å². The van der Waals surface area contributed by atoms with Crippen LogP contribution in [0.5, 0.6) is 0 Å². The molecule has 1 aromatic carbocycles. The molecule has 0 bridgehead atoms. The van der Waals surface area contributed by atoms with Crippen molar-refractivity contribution in [2.24, 2.45) is 0 Å². The van der Waals surface area contributed by atoms with Crippen LogP contribution in [0.4, 0.5) is 0 Å². The van der Waals surface area contributed by atoms with Crippen molar-refractivity contribution in [3.05, 3.63) is 46.7 Å². The molecule has 0 aliphatic carbocycles. The highest BCUT2D eigenvalue weighted by atomic mass is 79.9. The Hall–Kier alpha value is -1.13. The van der Waals surface area contributed by atoms with Crippen LogP contribution in [0.1, 0.15) is 25.5 Å². The summed E-state index contributed by atoms with van der Waals surface area (Å²) in [6, 6.07) is 8.54. The van der Waals surface area contributed by atoms with Gasteiger partial charge in [-0.05, 0) is 37.2 Å². The van der Waals surface area contributed by atoms with Gasteiger partial charge in [-0.15, -0.1) is 0 Å². The van der Waals surface area contributed by atoms with Gasteiger partial charge in [-0.1, -0.05) is 28.9 Å². The monoisotopic (exact) mass is 293 g/mol. The maximum atomic E-state index is 4.30. The topological polar surface area (TPSA) is 29.9 Å². The number of aromatic nitrogens is 2. The van der Waals surface area contributed by atoms with Crippen LogP contribution in [0.3, 0.4) is 0 Å². The highest BCUT2D eigenvalue weighted by Crippen LogP contribution is 2.24. The van der Waals surface area contributed by atoms with E-state index in [1.165, 1.54) is 5.56 Å². The second-order valence-electron chi connectivity index (χ2n) is 3.93. The van der Waals surface area contributed by atoms with Crippen LogP contribution >= 0.6 is 15.9 Å². The first-order chi connectivity index (χ1) is 8.22. The predicted molar refractivity (Wildman–Crippen MR) is 73.4 cm³/mol. The van der Waals surface area contributed by atoms with Crippen molar-refractivity contribution in [2.75, 3.05) is 6.54 Å². The molecule has 0 aliphatic heterocycles. The molecule has 0 radical (unpaired) electrons. The number of hydrogen-bond acceptors (Lipinski definition) is 2. The van der Waals surface area contributed by atoms with Gasteiger partial charge in [-0.25, -0.2) is 4.68 Å². The molecule has 0 saturated heterocycles. The molecule has 1 N–H and O–H groups in total. The fourth-order valence-corrected chi connectivity index (χ4v) is 2.26. The minimum atomic E-state index is 0.312. The Labute approximate surface area is 110 Å². The first-order valence-electron chi connectivity index (χ1n) is 5.75. The van der Waals surface area contributed by atoms with Crippen molar-refractivity contribution in [1.29, 1.82) is 0 Å². The smallest absolute Gasteiger partial charge is 0.0704 e. The number of nitrogens with one attached hydrogen (secondary N) is 1. The van der Waals surface area contributed by atoms with Gasteiger partial charge in [-0.3, -0.25) is 0 Å². The predicted octanol–water partition coefficient (Wildman–Crippen LogP) is 3.31. The zero-order valence-electron chi connectivity index (χ0n) is 10.0. The van der Waals surface area contributed by atoms with Crippen LogP contribution < -0.4 is 5.32 Å². The molecule has 3 nitrogen and oxygen atoms in total. The lowest BCUT2D eigenvalue weighted by Gasteiger charge is -2.17. The molecule has 1 aromatic heterocycles. The lowest BCUT2D eigenvalue weighted by molar-refractivity contribution is 0.593. The molecule has 0 fully saturated rings. The minimum absolute atomic E-state index is 0.312. The number of rotatable bonds is 4. The van der Waals surface area contributed by atoms with Crippen molar-refractivity contribution in [3.63, 3.8) is 0 Å². The van der Waals surface area contributed by atoms with E-state index in [1.807, 2.05) is 16.9 Å². The molecule has 0 amide bonds. The molecule has 0 aliphatic rings. The van der Waals surface area contributed by atoms with Gasteiger partial charge < -0.3 is 5.32 Å². The third kappa shape index (κ3) is 2.76. The first kappa shape index (κ1) is 12.3. The third-order valence-electron chi connectivity index (χ3n) is 2.72. The van der Waals surface area contributed by atoms with Crippen LogP contribution in [0.25, 0.3) is 5.69 Å². The lowest BCUT2D eigenvalue weighted by atomic mass is 10.1. The summed E-state index contributed by atoms with van der Waals surface area (Å²) in [6.07, 6.45) is 3.76. The molecule has 4 heteroatoms. The van der Waals surface area contributed by atoms with Crippen molar-refractivity contribution in [1.82, 2.24) is 15.1 Å². The van der Waals surface area contributed by atoms with E-state index < -0.39 is 0 Å². The molecule has 1 atom stereocenters. The average molecular weight is 294 g/mol. The quantitative estimate of drug-likeness (QED) is 0.937. The molecule has 17 heavy (non-hydrogen) atoms. The normalized spacial score (nSPS) is 12.6. The maximum absolute atomic E-state index is 4.30.